The Hall–Kier alpha value is -3.63. The molecule has 0 saturated carbocycles. The molecule has 2 heterocycles. The molecule has 0 spiro atoms. The number of carbonyl (C=O) groups is 2. The van der Waals surface area contributed by atoms with Crippen molar-refractivity contribution in [1.29, 1.82) is 0 Å². The van der Waals surface area contributed by atoms with Crippen LogP contribution < -0.4 is 10.6 Å². The number of piperidine rings is 1. The Kier molecular flexibility index (Phi) is 7.52. The molecule has 10 heteroatoms. The van der Waals surface area contributed by atoms with Gasteiger partial charge in [0.25, 0.3) is 5.91 Å². The van der Waals surface area contributed by atoms with Crippen LogP contribution in [0.1, 0.15) is 28.9 Å². The van der Waals surface area contributed by atoms with E-state index in [-0.39, 0.29) is 36.3 Å². The minimum absolute atomic E-state index is 0.00984. The number of amides is 2. The zero-order chi connectivity index (χ0) is 24.8. The second kappa shape index (κ2) is 10.7. The Morgan fingerprint density at radius 2 is 1.86 bits per heavy atom. The number of nitrogens with one attached hydrogen (secondary N) is 2. The number of anilines is 1. The average Bonchev–Trinajstić information content (AvgIpc) is 2.88. The highest BCUT2D eigenvalue weighted by molar-refractivity contribution is 7.89. The molecule has 2 aromatic carbocycles. The van der Waals surface area contributed by atoms with Gasteiger partial charge < -0.3 is 10.6 Å². The predicted octanol–water partition coefficient (Wildman–Crippen LogP) is 3.19. The molecule has 8 nitrogen and oxygen atoms in total. The van der Waals surface area contributed by atoms with E-state index in [4.69, 9.17) is 0 Å². The van der Waals surface area contributed by atoms with Gasteiger partial charge in [-0.2, -0.15) is 4.31 Å². The van der Waals surface area contributed by atoms with E-state index in [9.17, 15) is 22.4 Å². The molecule has 1 aliphatic rings. The summed E-state index contributed by atoms with van der Waals surface area (Å²) in [5.74, 6) is -1.70. The number of hydrogen-bond acceptors (Lipinski definition) is 5. The van der Waals surface area contributed by atoms with Crippen LogP contribution in [0.15, 0.2) is 77.8 Å². The highest BCUT2D eigenvalue weighted by atomic mass is 32.2. The van der Waals surface area contributed by atoms with Gasteiger partial charge in [0, 0.05) is 30.5 Å². The maximum absolute atomic E-state index is 13.2. The van der Waals surface area contributed by atoms with E-state index in [0.717, 1.165) is 17.8 Å². The van der Waals surface area contributed by atoms with E-state index in [0.29, 0.717) is 24.1 Å². The Labute approximate surface area is 203 Å². The summed E-state index contributed by atoms with van der Waals surface area (Å²) in [6.45, 7) is 0.585. The van der Waals surface area contributed by atoms with Crippen molar-refractivity contribution in [3.05, 3.63) is 90.0 Å². The van der Waals surface area contributed by atoms with Crippen molar-refractivity contribution in [2.24, 2.45) is 5.92 Å². The summed E-state index contributed by atoms with van der Waals surface area (Å²) in [6, 6.07) is 16.6. The van der Waals surface area contributed by atoms with Crippen LogP contribution in [0, 0.1) is 11.7 Å². The molecular formula is C25H25FN4O4S. The molecule has 0 bridgehead atoms. The van der Waals surface area contributed by atoms with Crippen molar-refractivity contribution in [3.63, 3.8) is 0 Å². The minimum atomic E-state index is -3.84. The van der Waals surface area contributed by atoms with Gasteiger partial charge in [0.2, 0.25) is 15.9 Å². The van der Waals surface area contributed by atoms with E-state index in [1.807, 2.05) is 6.07 Å². The van der Waals surface area contributed by atoms with Crippen LogP contribution >= 0.6 is 0 Å². The number of aromatic nitrogens is 1. The lowest BCUT2D eigenvalue weighted by Gasteiger charge is -2.31. The predicted molar refractivity (Wildman–Crippen MR) is 128 cm³/mol. The SMILES string of the molecule is O=C(NCc1ccccn1)c1cccc(NC(=O)C2CCCN(S(=O)(=O)c3ccc(F)cc3)C2)c1. The van der Waals surface area contributed by atoms with E-state index < -0.39 is 21.8 Å². The fourth-order valence-electron chi connectivity index (χ4n) is 3.89. The normalized spacial score (nSPS) is 16.4. The Balaban J connectivity index is 1.38. The van der Waals surface area contributed by atoms with Crippen molar-refractivity contribution in [2.75, 3.05) is 18.4 Å². The van der Waals surface area contributed by atoms with Crippen LogP contribution in [0.5, 0.6) is 0 Å². The molecule has 1 unspecified atom stereocenters. The summed E-state index contributed by atoms with van der Waals surface area (Å²) in [7, 11) is -3.84. The van der Waals surface area contributed by atoms with Crippen LogP contribution in [0.2, 0.25) is 0 Å². The van der Waals surface area contributed by atoms with E-state index >= 15 is 0 Å². The highest BCUT2D eigenvalue weighted by Crippen LogP contribution is 2.25. The van der Waals surface area contributed by atoms with E-state index in [1.165, 1.54) is 16.4 Å². The molecule has 1 aliphatic heterocycles. The van der Waals surface area contributed by atoms with Gasteiger partial charge in [0.05, 0.1) is 23.1 Å². The van der Waals surface area contributed by atoms with Crippen LogP contribution in [0.25, 0.3) is 0 Å². The molecule has 2 amide bonds. The van der Waals surface area contributed by atoms with E-state index in [2.05, 4.69) is 15.6 Å². The van der Waals surface area contributed by atoms with Gasteiger partial charge in [-0.05, 0) is 67.4 Å². The van der Waals surface area contributed by atoms with E-state index in [1.54, 1.807) is 42.6 Å². The standard InChI is InChI=1S/C25H25FN4O4S/c26-20-9-11-23(12-10-20)35(33,34)30-14-4-6-19(17-30)25(32)29-21-8-3-5-18(15-21)24(31)28-16-22-7-1-2-13-27-22/h1-3,5,7-13,15,19H,4,6,14,16-17H2,(H,28,31)(H,29,32). The van der Waals surface area contributed by atoms with Crippen LogP contribution in [-0.2, 0) is 21.4 Å². The maximum Gasteiger partial charge on any atom is 0.251 e. The summed E-state index contributed by atoms with van der Waals surface area (Å²) < 4.78 is 40.3. The fraction of sp³-hybridized carbons (Fsp3) is 0.240. The summed E-state index contributed by atoms with van der Waals surface area (Å²) >= 11 is 0. The van der Waals surface area contributed by atoms with Crippen LogP contribution in [0.4, 0.5) is 10.1 Å². The van der Waals surface area contributed by atoms with Crippen molar-refractivity contribution in [2.45, 2.75) is 24.3 Å². The molecular weight excluding hydrogens is 471 g/mol. The summed E-state index contributed by atoms with van der Waals surface area (Å²) in [4.78, 5) is 29.6. The third-order valence-corrected chi connectivity index (χ3v) is 7.63. The topological polar surface area (TPSA) is 108 Å². The van der Waals surface area contributed by atoms with Gasteiger partial charge >= 0.3 is 0 Å². The molecule has 0 radical (unpaired) electrons. The number of pyridine rings is 1. The highest BCUT2D eigenvalue weighted by Gasteiger charge is 2.33. The molecule has 0 aliphatic carbocycles. The fourth-order valence-corrected chi connectivity index (χ4v) is 5.41. The second-order valence-corrected chi connectivity index (χ2v) is 10.2. The summed E-state index contributed by atoms with van der Waals surface area (Å²) in [6.07, 6.45) is 2.70. The molecule has 3 aromatic rings. The molecule has 35 heavy (non-hydrogen) atoms. The van der Waals surface area contributed by atoms with Crippen molar-refractivity contribution < 1.29 is 22.4 Å². The molecule has 1 atom stereocenters. The zero-order valence-electron chi connectivity index (χ0n) is 18.9. The van der Waals surface area contributed by atoms with Crippen molar-refractivity contribution >= 4 is 27.5 Å². The first-order chi connectivity index (χ1) is 16.8. The number of nitrogens with zero attached hydrogens (tertiary/aromatic N) is 2. The number of benzene rings is 2. The van der Waals surface area contributed by atoms with Gasteiger partial charge in [-0.3, -0.25) is 14.6 Å². The van der Waals surface area contributed by atoms with Crippen molar-refractivity contribution in [3.8, 4) is 0 Å². The maximum atomic E-state index is 13.2. The Bertz CT molecular complexity index is 1300. The molecule has 1 saturated heterocycles. The third-order valence-electron chi connectivity index (χ3n) is 5.75. The van der Waals surface area contributed by atoms with Crippen molar-refractivity contribution in [1.82, 2.24) is 14.6 Å². The van der Waals surface area contributed by atoms with Gasteiger partial charge in [-0.25, -0.2) is 12.8 Å². The Morgan fingerprint density at radius 3 is 2.60 bits per heavy atom. The molecule has 1 fully saturated rings. The molecule has 182 valence electrons. The number of halogens is 1. The Morgan fingerprint density at radius 1 is 1.06 bits per heavy atom. The first kappa shape index (κ1) is 24.5. The third kappa shape index (κ3) is 6.09. The summed E-state index contributed by atoms with van der Waals surface area (Å²) in [5, 5.41) is 5.59. The van der Waals surface area contributed by atoms with Gasteiger partial charge in [0.15, 0.2) is 0 Å². The lowest BCUT2D eigenvalue weighted by atomic mass is 9.98. The number of carbonyl (C=O) groups excluding carboxylic acids is 2. The van der Waals surface area contributed by atoms with Crippen LogP contribution in [-0.4, -0.2) is 42.6 Å². The second-order valence-electron chi connectivity index (χ2n) is 8.23. The number of rotatable bonds is 7. The van der Waals surface area contributed by atoms with Gasteiger partial charge in [0.1, 0.15) is 5.82 Å². The van der Waals surface area contributed by atoms with Gasteiger partial charge in [-0.1, -0.05) is 12.1 Å². The smallest absolute Gasteiger partial charge is 0.251 e. The largest absolute Gasteiger partial charge is 0.346 e. The first-order valence-electron chi connectivity index (χ1n) is 11.2. The first-order valence-corrected chi connectivity index (χ1v) is 12.6. The summed E-state index contributed by atoms with van der Waals surface area (Å²) in [5.41, 5.74) is 1.55. The van der Waals surface area contributed by atoms with Crippen LogP contribution in [0.3, 0.4) is 0 Å². The molecule has 1 aromatic heterocycles. The molecule has 2 N–H and O–H groups in total. The quantitative estimate of drug-likeness (QED) is 0.522. The number of sulfonamides is 1. The monoisotopic (exact) mass is 496 g/mol. The zero-order valence-corrected chi connectivity index (χ0v) is 19.7. The minimum Gasteiger partial charge on any atom is -0.346 e. The lowest BCUT2D eigenvalue weighted by Crippen LogP contribution is -2.43. The number of hydrogen-bond donors (Lipinski definition) is 2. The lowest BCUT2D eigenvalue weighted by molar-refractivity contribution is -0.120. The average molecular weight is 497 g/mol. The van der Waals surface area contributed by atoms with Gasteiger partial charge in [-0.15, -0.1) is 0 Å². The molecule has 4 rings (SSSR count).